The van der Waals surface area contributed by atoms with Gasteiger partial charge >= 0.3 is 10.1 Å². The molecule has 5 nitrogen and oxygen atoms in total. The third kappa shape index (κ3) is 2.98. The van der Waals surface area contributed by atoms with E-state index in [4.69, 9.17) is 4.18 Å². The molecule has 22 heavy (non-hydrogen) atoms. The number of carbonyl (C=O) groups is 2. The molecule has 0 aromatic rings. The molecule has 0 spiro atoms. The van der Waals surface area contributed by atoms with Crippen LogP contribution < -0.4 is 0 Å². The van der Waals surface area contributed by atoms with Gasteiger partial charge in [-0.25, -0.2) is 0 Å². The monoisotopic (exact) mass is 326 g/mol. The van der Waals surface area contributed by atoms with Gasteiger partial charge in [0.25, 0.3) is 0 Å². The second-order valence-corrected chi connectivity index (χ2v) is 9.47. The summed E-state index contributed by atoms with van der Waals surface area (Å²) in [6, 6.07) is 0. The highest BCUT2D eigenvalue weighted by Gasteiger charge is 2.54. The molecule has 122 valence electrons. The summed E-state index contributed by atoms with van der Waals surface area (Å²) >= 11 is 0. The number of rotatable bonds is 4. The Labute approximate surface area is 131 Å². The van der Waals surface area contributed by atoms with E-state index in [2.05, 4.69) is 0 Å². The molecule has 0 amide bonds. The predicted molar refractivity (Wildman–Crippen MR) is 80.4 cm³/mol. The molecule has 2 atom stereocenters. The second-order valence-electron chi connectivity index (χ2n) is 7.90. The Morgan fingerprint density at radius 1 is 1.27 bits per heavy atom. The van der Waals surface area contributed by atoms with Crippen molar-refractivity contribution in [1.29, 1.82) is 0 Å². The molecule has 3 rings (SSSR count). The molecule has 0 aromatic carbocycles. The van der Waals surface area contributed by atoms with Crippen molar-refractivity contribution in [3.63, 3.8) is 0 Å². The predicted octanol–water partition coefficient (Wildman–Crippen LogP) is 2.37. The number of hydrogen-bond donors (Lipinski definition) is 0. The lowest BCUT2D eigenvalue weighted by atomic mass is 9.80. The summed E-state index contributed by atoms with van der Waals surface area (Å²) in [7, 11) is -3.86. The van der Waals surface area contributed by atoms with Gasteiger partial charge in [0.2, 0.25) is 0 Å². The highest BCUT2D eigenvalue weighted by atomic mass is 32.2. The van der Waals surface area contributed by atoms with Crippen molar-refractivity contribution in [1.82, 2.24) is 0 Å². The second kappa shape index (κ2) is 4.91. The minimum absolute atomic E-state index is 0.0601. The van der Waals surface area contributed by atoms with Gasteiger partial charge in [-0.05, 0) is 30.6 Å². The molecule has 3 aliphatic rings. The van der Waals surface area contributed by atoms with Crippen LogP contribution in [0.4, 0.5) is 0 Å². The van der Waals surface area contributed by atoms with Gasteiger partial charge < -0.3 is 4.18 Å². The molecule has 0 aromatic heterocycles. The molecule has 2 bridgehead atoms. The molecular formula is C16H22O5S. The zero-order chi connectivity index (χ0) is 16.2. The van der Waals surface area contributed by atoms with E-state index in [0.717, 1.165) is 6.42 Å². The molecule has 0 N–H and O–H groups in total. The minimum Gasteiger partial charge on any atom is -0.387 e. The normalized spacial score (nSPS) is 33.9. The smallest absolute Gasteiger partial charge is 0.309 e. The average Bonchev–Trinajstić information content (AvgIpc) is 2.80. The molecule has 3 aliphatic carbocycles. The van der Waals surface area contributed by atoms with Crippen LogP contribution in [0.3, 0.4) is 0 Å². The first-order valence-electron chi connectivity index (χ1n) is 7.78. The first-order valence-corrected chi connectivity index (χ1v) is 9.36. The lowest BCUT2D eigenvalue weighted by Gasteiger charge is -2.29. The third-order valence-electron chi connectivity index (χ3n) is 5.09. The van der Waals surface area contributed by atoms with Crippen LogP contribution in [0.25, 0.3) is 0 Å². The number of Topliss-reactive ketones (excluding diaryl/α,β-unsaturated/α-hetero) is 1. The van der Waals surface area contributed by atoms with E-state index in [-0.39, 0.29) is 28.5 Å². The van der Waals surface area contributed by atoms with E-state index in [1.54, 1.807) is 0 Å². The molecule has 2 saturated carbocycles. The lowest BCUT2D eigenvalue weighted by molar-refractivity contribution is -0.126. The van der Waals surface area contributed by atoms with Gasteiger partial charge in [0.15, 0.2) is 5.78 Å². The van der Waals surface area contributed by atoms with Crippen molar-refractivity contribution in [3.05, 3.63) is 11.8 Å². The standard InChI is InChI=1S/C16H22O5S/c1-15(2)8-12(17)6-13(9-15)21-22(19,20)10-16-4-3-11(7-16)5-14(16)18/h6,11H,3-5,7-10H2,1-2H3. The summed E-state index contributed by atoms with van der Waals surface area (Å²) in [6.07, 6.45) is 4.83. The van der Waals surface area contributed by atoms with Gasteiger partial charge in [0.05, 0.1) is 5.75 Å². The van der Waals surface area contributed by atoms with E-state index < -0.39 is 15.5 Å². The zero-order valence-corrected chi connectivity index (χ0v) is 13.9. The molecule has 0 heterocycles. The first-order chi connectivity index (χ1) is 10.1. The Balaban J connectivity index is 1.75. The van der Waals surface area contributed by atoms with Crippen LogP contribution in [0.1, 0.15) is 52.4 Å². The zero-order valence-electron chi connectivity index (χ0n) is 13.1. The van der Waals surface area contributed by atoms with Crippen molar-refractivity contribution in [2.75, 3.05) is 5.75 Å². The van der Waals surface area contributed by atoms with E-state index in [1.807, 2.05) is 13.8 Å². The number of allylic oxidation sites excluding steroid dienone is 2. The maximum absolute atomic E-state index is 12.4. The number of ketones is 2. The van der Waals surface area contributed by atoms with Crippen LogP contribution in [-0.4, -0.2) is 25.7 Å². The van der Waals surface area contributed by atoms with Crippen LogP contribution >= 0.6 is 0 Å². The van der Waals surface area contributed by atoms with Crippen molar-refractivity contribution >= 4 is 21.7 Å². The summed E-state index contributed by atoms with van der Waals surface area (Å²) in [4.78, 5) is 23.8. The fourth-order valence-electron chi connectivity index (χ4n) is 4.23. The van der Waals surface area contributed by atoms with Gasteiger partial charge in [-0.2, -0.15) is 8.42 Å². The number of fused-ring (bicyclic) bond motifs is 2. The molecule has 0 saturated heterocycles. The Morgan fingerprint density at radius 2 is 2.00 bits per heavy atom. The highest BCUT2D eigenvalue weighted by Crippen LogP contribution is 2.52. The van der Waals surface area contributed by atoms with Crippen molar-refractivity contribution in [2.45, 2.75) is 52.4 Å². The fraction of sp³-hybridized carbons (Fsp3) is 0.750. The summed E-state index contributed by atoms with van der Waals surface area (Å²) < 4.78 is 29.9. The van der Waals surface area contributed by atoms with Crippen LogP contribution in [0.15, 0.2) is 11.8 Å². The highest BCUT2D eigenvalue weighted by molar-refractivity contribution is 7.86. The largest absolute Gasteiger partial charge is 0.387 e. The van der Waals surface area contributed by atoms with E-state index in [1.165, 1.54) is 6.08 Å². The van der Waals surface area contributed by atoms with Crippen molar-refractivity contribution < 1.29 is 22.2 Å². The van der Waals surface area contributed by atoms with Gasteiger partial charge in [-0.3, -0.25) is 9.59 Å². The maximum atomic E-state index is 12.4. The topological polar surface area (TPSA) is 77.5 Å². The molecular weight excluding hydrogens is 304 g/mol. The molecule has 2 fully saturated rings. The van der Waals surface area contributed by atoms with Gasteiger partial charge in [-0.15, -0.1) is 0 Å². The van der Waals surface area contributed by atoms with Gasteiger partial charge in [-0.1, -0.05) is 13.8 Å². The fourth-order valence-corrected chi connectivity index (χ4v) is 5.82. The maximum Gasteiger partial charge on any atom is 0.309 e. The molecule has 6 heteroatoms. The SMILES string of the molecule is CC1(C)CC(=O)C=C(OS(=O)(=O)CC23CCC(CC2=O)C3)C1. The van der Waals surface area contributed by atoms with Crippen LogP contribution in [0.5, 0.6) is 0 Å². The van der Waals surface area contributed by atoms with Gasteiger partial charge in [0, 0.05) is 30.8 Å². The average molecular weight is 326 g/mol. The number of hydrogen-bond acceptors (Lipinski definition) is 5. The lowest BCUT2D eigenvalue weighted by Crippen LogP contribution is -2.34. The summed E-state index contributed by atoms with van der Waals surface area (Å²) in [5.41, 5.74) is -1.03. The minimum atomic E-state index is -3.86. The Morgan fingerprint density at radius 3 is 2.55 bits per heavy atom. The number of carbonyl (C=O) groups excluding carboxylic acids is 2. The molecule has 2 unspecified atom stereocenters. The van der Waals surface area contributed by atoms with Crippen LogP contribution in [-0.2, 0) is 23.9 Å². The van der Waals surface area contributed by atoms with Crippen LogP contribution in [0.2, 0.25) is 0 Å². The Bertz CT molecular complexity index is 658. The summed E-state index contributed by atoms with van der Waals surface area (Å²) in [5, 5.41) is 0. The van der Waals surface area contributed by atoms with Gasteiger partial charge in [0.1, 0.15) is 11.5 Å². The summed E-state index contributed by atoms with van der Waals surface area (Å²) in [5.74, 6) is 0.249. The van der Waals surface area contributed by atoms with E-state index in [0.29, 0.717) is 38.0 Å². The Kier molecular flexibility index (Phi) is 3.51. The third-order valence-corrected chi connectivity index (χ3v) is 6.46. The molecule has 0 radical (unpaired) electrons. The molecule has 0 aliphatic heterocycles. The van der Waals surface area contributed by atoms with Crippen molar-refractivity contribution in [2.24, 2.45) is 16.7 Å². The van der Waals surface area contributed by atoms with E-state index in [9.17, 15) is 18.0 Å². The summed E-state index contributed by atoms with van der Waals surface area (Å²) in [6.45, 7) is 3.82. The first kappa shape index (κ1) is 15.7. The Hall–Kier alpha value is -1.17. The van der Waals surface area contributed by atoms with E-state index >= 15 is 0 Å². The van der Waals surface area contributed by atoms with Crippen molar-refractivity contribution in [3.8, 4) is 0 Å². The quantitative estimate of drug-likeness (QED) is 0.741. The van der Waals surface area contributed by atoms with Crippen LogP contribution in [0, 0.1) is 16.7 Å².